The lowest BCUT2D eigenvalue weighted by Crippen LogP contribution is -2.77. The van der Waals surface area contributed by atoms with E-state index < -0.39 is 8.07 Å². The summed E-state index contributed by atoms with van der Waals surface area (Å²) in [5, 5.41) is 1.73. The van der Waals surface area contributed by atoms with Gasteiger partial charge >= 0.3 is 0 Å². The van der Waals surface area contributed by atoms with Crippen molar-refractivity contribution in [3.63, 3.8) is 0 Å². The van der Waals surface area contributed by atoms with Crippen LogP contribution in [-0.4, -0.2) is 24.8 Å². The van der Waals surface area contributed by atoms with E-state index in [4.69, 9.17) is 4.74 Å². The minimum absolute atomic E-state index is 0.0546. The molecule has 0 bridgehead atoms. The molecule has 2 heterocycles. The number of fused-ring (bicyclic) bond motifs is 9. The van der Waals surface area contributed by atoms with Gasteiger partial charge in [-0.05, 0) is 93.3 Å². The summed E-state index contributed by atoms with van der Waals surface area (Å²) >= 11 is 0. The molecule has 1 aromatic heterocycles. The first-order valence-electron chi connectivity index (χ1n) is 17.3. The molecule has 3 aromatic carbocycles. The van der Waals surface area contributed by atoms with Crippen molar-refractivity contribution in [3.05, 3.63) is 113 Å². The molecule has 2 aliphatic carbocycles. The van der Waals surface area contributed by atoms with Crippen LogP contribution < -0.4 is 0 Å². The molecule has 2 spiro atoms. The average Bonchev–Trinajstić information content (AvgIpc) is 3.62. The second kappa shape index (κ2) is 11.0. The molecular formula is C42H51NOSi. The lowest BCUT2D eigenvalue weighted by Gasteiger charge is -2.68. The highest BCUT2D eigenvalue weighted by Gasteiger charge is 2.76. The molecule has 0 amide bonds. The zero-order valence-electron chi connectivity index (χ0n) is 28.4. The third-order valence-electron chi connectivity index (χ3n) is 11.8. The maximum atomic E-state index is 6.07. The van der Waals surface area contributed by atoms with Gasteiger partial charge in [0.1, 0.15) is 0 Å². The third-order valence-corrected chi connectivity index (χ3v) is 18.3. The fraction of sp³-hybridized carbons (Fsp3) is 0.429. The van der Waals surface area contributed by atoms with Crippen molar-refractivity contribution in [2.45, 2.75) is 101 Å². The van der Waals surface area contributed by atoms with Gasteiger partial charge in [-0.1, -0.05) is 104 Å². The summed E-state index contributed by atoms with van der Waals surface area (Å²) in [6.07, 6.45) is 13.2. The van der Waals surface area contributed by atoms with Crippen LogP contribution in [0.1, 0.15) is 93.5 Å². The smallest absolute Gasteiger partial charge is 0.0831 e. The summed E-state index contributed by atoms with van der Waals surface area (Å²) in [5.41, 5.74) is 13.6. The van der Waals surface area contributed by atoms with Gasteiger partial charge in [0.2, 0.25) is 0 Å². The number of aromatic nitrogens is 1. The largest absolute Gasteiger partial charge is 0.376 e. The summed E-state index contributed by atoms with van der Waals surface area (Å²) in [5.74, 6) is 0. The quantitative estimate of drug-likeness (QED) is 0.0986. The van der Waals surface area contributed by atoms with Crippen molar-refractivity contribution in [1.29, 1.82) is 0 Å². The van der Waals surface area contributed by atoms with Crippen LogP contribution in [0.3, 0.4) is 0 Å². The Morgan fingerprint density at radius 3 is 2.40 bits per heavy atom. The Bertz CT molecular complexity index is 1820. The summed E-state index contributed by atoms with van der Waals surface area (Å²) < 4.78 is 8.58. The molecule has 1 fully saturated rings. The molecule has 2 nitrogen and oxygen atoms in total. The van der Waals surface area contributed by atoms with Crippen molar-refractivity contribution < 1.29 is 4.74 Å². The average molecular weight is 614 g/mol. The molecule has 234 valence electrons. The number of ether oxygens (including phenoxy) is 1. The predicted octanol–water partition coefficient (Wildman–Crippen LogP) is 11.0. The van der Waals surface area contributed by atoms with Crippen LogP contribution in [0.5, 0.6) is 0 Å². The number of allylic oxidation sites excluding steroid dienone is 3. The molecular weight excluding hydrogens is 563 g/mol. The minimum Gasteiger partial charge on any atom is -0.376 e. The lowest BCUT2D eigenvalue weighted by molar-refractivity contribution is -0.00471. The van der Waals surface area contributed by atoms with Crippen LogP contribution in [0.15, 0.2) is 85.5 Å². The molecule has 3 heteroatoms. The predicted molar refractivity (Wildman–Crippen MR) is 195 cm³/mol. The molecule has 1 aliphatic heterocycles. The van der Waals surface area contributed by atoms with Gasteiger partial charge in [-0.3, -0.25) is 0 Å². The van der Waals surface area contributed by atoms with Crippen molar-refractivity contribution in [2.24, 2.45) is 7.05 Å². The van der Waals surface area contributed by atoms with Crippen LogP contribution in [0.4, 0.5) is 0 Å². The van der Waals surface area contributed by atoms with Gasteiger partial charge in [0.05, 0.1) is 19.4 Å². The van der Waals surface area contributed by atoms with E-state index in [0.29, 0.717) is 0 Å². The van der Waals surface area contributed by atoms with E-state index in [9.17, 15) is 0 Å². The third kappa shape index (κ3) is 4.37. The standard InChI is InChI=1S/C42H51NOSi/c1-8-9-18-31-28-41(35-21-14-12-19-32(31)35)29-42(45(41,7)26-17-11-10-16-25-44-40(3,4)5)36-22-15-13-20-33(36)39-38(42)34-27-30(2)23-24-37(34)43(39)6/h8,12-15,19-24,27-28H,1,9-11,16-18,25-26,29H2,2-7H3. The molecule has 3 atom stereocenters. The summed E-state index contributed by atoms with van der Waals surface area (Å²) in [6.45, 7) is 16.5. The van der Waals surface area contributed by atoms with E-state index in [1.165, 1.54) is 65.0 Å². The lowest BCUT2D eigenvalue weighted by atomic mass is 9.79. The van der Waals surface area contributed by atoms with Gasteiger partial charge in [-0.2, -0.15) is 0 Å². The Balaban J connectivity index is 1.36. The second-order valence-electron chi connectivity index (χ2n) is 15.4. The molecule has 0 N–H and O–H groups in total. The number of benzene rings is 3. The van der Waals surface area contributed by atoms with Crippen molar-refractivity contribution >= 4 is 24.5 Å². The Labute approximate surface area is 272 Å². The van der Waals surface area contributed by atoms with Crippen molar-refractivity contribution in [1.82, 2.24) is 4.57 Å². The SMILES string of the molecule is C=CCCC1=CC2(CC3(c4ccccc4-c4c3c3cc(C)ccc3n4C)[Si]2(C)CCCCCCOC(C)(C)C)c2ccccc21. The van der Waals surface area contributed by atoms with Gasteiger partial charge in [0.25, 0.3) is 0 Å². The van der Waals surface area contributed by atoms with Gasteiger partial charge in [-0.15, -0.1) is 6.58 Å². The minimum atomic E-state index is -2.13. The van der Waals surface area contributed by atoms with Crippen LogP contribution in [-0.2, 0) is 21.9 Å². The first kappa shape index (κ1) is 30.5. The summed E-state index contributed by atoms with van der Waals surface area (Å²) in [7, 11) is 0.171. The summed E-state index contributed by atoms with van der Waals surface area (Å²) in [4.78, 5) is 0. The normalized spacial score (nSPS) is 24.5. The Morgan fingerprint density at radius 2 is 1.64 bits per heavy atom. The monoisotopic (exact) mass is 613 g/mol. The maximum absolute atomic E-state index is 6.07. The van der Waals surface area contributed by atoms with Crippen molar-refractivity contribution in [3.8, 4) is 11.3 Å². The number of hydrogen-bond donors (Lipinski definition) is 0. The molecule has 1 saturated heterocycles. The zero-order chi connectivity index (χ0) is 31.6. The van der Waals surface area contributed by atoms with E-state index in [1.54, 1.807) is 22.3 Å². The molecule has 0 saturated carbocycles. The Morgan fingerprint density at radius 1 is 0.933 bits per heavy atom. The first-order valence-corrected chi connectivity index (χ1v) is 20.0. The fourth-order valence-electron chi connectivity index (χ4n) is 9.76. The highest BCUT2D eigenvalue weighted by atomic mass is 28.3. The Kier molecular flexibility index (Phi) is 7.45. The van der Waals surface area contributed by atoms with E-state index in [2.05, 4.69) is 131 Å². The van der Waals surface area contributed by atoms with E-state index in [0.717, 1.165) is 25.9 Å². The van der Waals surface area contributed by atoms with Gasteiger partial charge in [0, 0.05) is 40.2 Å². The van der Waals surface area contributed by atoms with Gasteiger partial charge in [0.15, 0.2) is 0 Å². The topological polar surface area (TPSA) is 14.2 Å². The Hall–Kier alpha value is -3.14. The number of unbranched alkanes of at least 4 members (excludes halogenated alkanes) is 3. The van der Waals surface area contributed by atoms with E-state index in [1.807, 2.05) is 0 Å². The van der Waals surface area contributed by atoms with Crippen molar-refractivity contribution in [2.75, 3.05) is 6.61 Å². The number of aryl methyl sites for hydroxylation is 2. The number of rotatable bonds is 10. The van der Waals surface area contributed by atoms with Crippen LogP contribution in [0, 0.1) is 6.92 Å². The molecule has 7 rings (SSSR count). The van der Waals surface area contributed by atoms with Crippen LogP contribution in [0.2, 0.25) is 12.6 Å². The molecule has 45 heavy (non-hydrogen) atoms. The highest BCUT2D eigenvalue weighted by molar-refractivity contribution is 6.89. The number of nitrogens with zero attached hydrogens (tertiary/aromatic N) is 1. The fourth-order valence-corrected chi connectivity index (χ4v) is 16.3. The van der Waals surface area contributed by atoms with Gasteiger partial charge < -0.3 is 9.30 Å². The van der Waals surface area contributed by atoms with Gasteiger partial charge in [-0.25, -0.2) is 0 Å². The highest BCUT2D eigenvalue weighted by Crippen LogP contribution is 2.74. The summed E-state index contributed by atoms with van der Waals surface area (Å²) in [6, 6.07) is 27.4. The van der Waals surface area contributed by atoms with Crippen LogP contribution in [0.25, 0.3) is 27.7 Å². The molecule has 3 unspecified atom stereocenters. The first-order chi connectivity index (χ1) is 21.6. The maximum Gasteiger partial charge on any atom is 0.0831 e. The number of hydrogen-bond acceptors (Lipinski definition) is 1. The molecule has 0 radical (unpaired) electrons. The molecule has 4 aromatic rings. The van der Waals surface area contributed by atoms with E-state index in [-0.39, 0.29) is 15.7 Å². The van der Waals surface area contributed by atoms with Crippen LogP contribution >= 0.6 is 0 Å². The van der Waals surface area contributed by atoms with E-state index >= 15 is 0 Å². The second-order valence-corrected chi connectivity index (χ2v) is 20.3. The zero-order valence-corrected chi connectivity index (χ0v) is 29.4. The molecule has 3 aliphatic rings.